The van der Waals surface area contributed by atoms with Crippen LogP contribution in [-0.2, 0) is 25.6 Å². The van der Waals surface area contributed by atoms with Gasteiger partial charge in [0.1, 0.15) is 11.2 Å². The Kier molecular flexibility index (Phi) is 7.59. The highest BCUT2D eigenvalue weighted by Gasteiger charge is 2.17. The van der Waals surface area contributed by atoms with Crippen molar-refractivity contribution in [3.05, 3.63) is 54.9 Å². The van der Waals surface area contributed by atoms with E-state index in [9.17, 15) is 14.4 Å². The van der Waals surface area contributed by atoms with Gasteiger partial charge in [-0.15, -0.1) is 11.3 Å². The van der Waals surface area contributed by atoms with Crippen molar-refractivity contribution in [3.63, 3.8) is 0 Å². The molecule has 1 aromatic heterocycles. The van der Waals surface area contributed by atoms with Gasteiger partial charge in [-0.2, -0.15) is 0 Å². The molecule has 1 saturated heterocycles. The van der Waals surface area contributed by atoms with Gasteiger partial charge in [-0.05, 0) is 38.3 Å². The Bertz CT molecular complexity index is 1060. The summed E-state index contributed by atoms with van der Waals surface area (Å²) < 4.78 is 12.6. The van der Waals surface area contributed by atoms with Crippen LogP contribution in [0.15, 0.2) is 29.1 Å². The van der Waals surface area contributed by atoms with E-state index in [1.807, 2.05) is 31.2 Å². The van der Waals surface area contributed by atoms with E-state index in [1.54, 1.807) is 13.0 Å². The maximum atomic E-state index is 13.0. The molecule has 2 aromatic rings. The van der Waals surface area contributed by atoms with Crippen LogP contribution in [0.5, 0.6) is 0 Å². The minimum Gasteiger partial charge on any atom is -0.463 e. The first kappa shape index (κ1) is 22.0. The van der Waals surface area contributed by atoms with Crippen LogP contribution < -0.4 is 20.1 Å². The lowest BCUT2D eigenvalue weighted by Gasteiger charge is -2.10. The van der Waals surface area contributed by atoms with E-state index < -0.39 is 5.97 Å². The third-order valence-electron chi connectivity index (χ3n) is 4.69. The van der Waals surface area contributed by atoms with Crippen molar-refractivity contribution in [3.8, 4) is 0 Å². The Hall–Kier alpha value is -2.71. The number of aryl methyl sites for hydroxylation is 1. The molecule has 1 aliphatic rings. The van der Waals surface area contributed by atoms with Gasteiger partial charge in [0.05, 0.1) is 23.3 Å². The molecule has 1 fully saturated rings. The summed E-state index contributed by atoms with van der Waals surface area (Å²) in [7, 11) is 0. The number of aromatic nitrogens is 1. The van der Waals surface area contributed by atoms with Crippen LogP contribution >= 0.6 is 11.3 Å². The normalized spacial score (nSPS) is 17.3. The van der Waals surface area contributed by atoms with E-state index >= 15 is 0 Å². The summed E-state index contributed by atoms with van der Waals surface area (Å²) in [6, 6.07) is 7.76. The molecular formula is C22H26N2O5S. The number of esters is 1. The molecule has 3 rings (SSSR count). The predicted molar refractivity (Wildman–Crippen MR) is 116 cm³/mol. The van der Waals surface area contributed by atoms with Crippen LogP contribution in [0.4, 0.5) is 0 Å². The average molecular weight is 431 g/mol. The molecule has 8 heteroatoms. The SMILES string of the molecule is CCOC(=O)C=c1sc(=Cc2ccc(C)cc2)c(=O)n1CC(=O)NCC1CCCO1. The van der Waals surface area contributed by atoms with E-state index in [2.05, 4.69) is 5.32 Å². The Labute approximate surface area is 178 Å². The molecule has 30 heavy (non-hydrogen) atoms. The van der Waals surface area contributed by atoms with Crippen LogP contribution in [0.25, 0.3) is 12.2 Å². The fourth-order valence-electron chi connectivity index (χ4n) is 3.12. The van der Waals surface area contributed by atoms with Gasteiger partial charge in [0, 0.05) is 13.2 Å². The number of benzene rings is 1. The highest BCUT2D eigenvalue weighted by Crippen LogP contribution is 2.10. The van der Waals surface area contributed by atoms with Gasteiger partial charge < -0.3 is 14.8 Å². The third-order valence-corrected chi connectivity index (χ3v) is 5.75. The lowest BCUT2D eigenvalue weighted by atomic mass is 10.1. The fraction of sp³-hybridized carbons (Fsp3) is 0.409. The predicted octanol–water partition coefficient (Wildman–Crippen LogP) is 0.686. The highest BCUT2D eigenvalue weighted by molar-refractivity contribution is 7.07. The number of ether oxygens (including phenoxy) is 2. The second-order valence-electron chi connectivity index (χ2n) is 7.09. The van der Waals surface area contributed by atoms with Crippen molar-refractivity contribution < 1.29 is 19.1 Å². The van der Waals surface area contributed by atoms with Gasteiger partial charge in [0.2, 0.25) is 5.91 Å². The molecule has 160 valence electrons. The van der Waals surface area contributed by atoms with Crippen molar-refractivity contribution in [2.24, 2.45) is 0 Å². The molecule has 0 spiro atoms. The third kappa shape index (κ3) is 5.90. The van der Waals surface area contributed by atoms with Crippen LogP contribution in [0.2, 0.25) is 0 Å². The summed E-state index contributed by atoms with van der Waals surface area (Å²) in [4.78, 5) is 37.3. The zero-order valence-corrected chi connectivity index (χ0v) is 18.0. The largest absolute Gasteiger partial charge is 0.463 e. The number of nitrogens with zero attached hydrogens (tertiary/aromatic N) is 1. The lowest BCUT2D eigenvalue weighted by molar-refractivity contribution is -0.135. The lowest BCUT2D eigenvalue weighted by Crippen LogP contribution is -2.40. The van der Waals surface area contributed by atoms with Crippen LogP contribution in [-0.4, -0.2) is 42.3 Å². The summed E-state index contributed by atoms with van der Waals surface area (Å²) >= 11 is 1.16. The van der Waals surface area contributed by atoms with Crippen LogP contribution in [0.1, 0.15) is 30.9 Å². The molecule has 1 aromatic carbocycles. The summed E-state index contributed by atoms with van der Waals surface area (Å²) in [5, 5.41) is 2.81. The van der Waals surface area contributed by atoms with Gasteiger partial charge in [0.15, 0.2) is 0 Å². The zero-order chi connectivity index (χ0) is 21.5. The van der Waals surface area contributed by atoms with Crippen molar-refractivity contribution in [1.82, 2.24) is 9.88 Å². The molecule has 0 bridgehead atoms. The standard InChI is InChI=1S/C22H26N2O5S/c1-3-28-21(26)12-20-24(14-19(25)23-13-17-5-4-10-29-17)22(27)18(30-20)11-16-8-6-15(2)7-9-16/h6-9,11-12,17H,3-5,10,13-14H2,1-2H3,(H,23,25). The number of amides is 1. The molecule has 7 nitrogen and oxygen atoms in total. The molecule has 2 heterocycles. The summed E-state index contributed by atoms with van der Waals surface area (Å²) in [5.41, 5.74) is 1.68. The summed E-state index contributed by atoms with van der Waals surface area (Å²) in [5.74, 6) is -0.847. The van der Waals surface area contributed by atoms with E-state index in [-0.39, 0.29) is 30.7 Å². The molecule has 0 radical (unpaired) electrons. The van der Waals surface area contributed by atoms with Crippen molar-refractivity contribution >= 4 is 35.4 Å². The minimum absolute atomic E-state index is 0.0177. The molecule has 1 aliphatic heterocycles. The summed E-state index contributed by atoms with van der Waals surface area (Å²) in [6.45, 7) is 4.88. The number of thiazole rings is 1. The van der Waals surface area contributed by atoms with Gasteiger partial charge in [-0.25, -0.2) is 4.79 Å². The molecule has 1 amide bonds. The number of hydrogen-bond acceptors (Lipinski definition) is 6. The maximum absolute atomic E-state index is 13.0. The molecule has 1 unspecified atom stereocenters. The smallest absolute Gasteiger partial charge is 0.333 e. The van der Waals surface area contributed by atoms with E-state index in [1.165, 1.54) is 10.6 Å². The first-order chi connectivity index (χ1) is 14.5. The molecular weight excluding hydrogens is 404 g/mol. The van der Waals surface area contributed by atoms with E-state index in [0.29, 0.717) is 22.3 Å². The minimum atomic E-state index is -0.547. The first-order valence-corrected chi connectivity index (χ1v) is 10.8. The molecule has 0 saturated carbocycles. The Morgan fingerprint density at radius 2 is 2.10 bits per heavy atom. The molecule has 1 atom stereocenters. The fourth-order valence-corrected chi connectivity index (χ4v) is 4.15. The quantitative estimate of drug-likeness (QED) is 0.653. The number of carbonyl (C=O) groups excluding carboxylic acids is 2. The second-order valence-corrected chi connectivity index (χ2v) is 8.15. The van der Waals surface area contributed by atoms with Gasteiger partial charge in [-0.3, -0.25) is 14.2 Å². The Morgan fingerprint density at radius 1 is 1.33 bits per heavy atom. The zero-order valence-electron chi connectivity index (χ0n) is 17.2. The van der Waals surface area contributed by atoms with E-state index in [0.717, 1.165) is 35.3 Å². The van der Waals surface area contributed by atoms with Crippen LogP contribution in [0, 0.1) is 6.92 Å². The monoisotopic (exact) mass is 430 g/mol. The number of nitrogens with one attached hydrogen (secondary N) is 1. The molecule has 0 aliphatic carbocycles. The summed E-state index contributed by atoms with van der Waals surface area (Å²) in [6.07, 6.45) is 4.94. The van der Waals surface area contributed by atoms with Gasteiger partial charge >= 0.3 is 5.97 Å². The van der Waals surface area contributed by atoms with Gasteiger partial charge in [-0.1, -0.05) is 29.8 Å². The topological polar surface area (TPSA) is 86.6 Å². The number of rotatable bonds is 7. The van der Waals surface area contributed by atoms with Gasteiger partial charge in [0.25, 0.3) is 5.56 Å². The molecule has 1 N–H and O–H groups in total. The maximum Gasteiger partial charge on any atom is 0.333 e. The Balaban J connectivity index is 1.89. The van der Waals surface area contributed by atoms with Crippen molar-refractivity contribution in [1.29, 1.82) is 0 Å². The van der Waals surface area contributed by atoms with E-state index in [4.69, 9.17) is 9.47 Å². The van der Waals surface area contributed by atoms with Crippen molar-refractivity contribution in [2.45, 2.75) is 39.3 Å². The number of hydrogen-bond donors (Lipinski definition) is 1. The first-order valence-electron chi connectivity index (χ1n) is 10.0. The van der Waals surface area contributed by atoms with Crippen LogP contribution in [0.3, 0.4) is 0 Å². The number of carbonyl (C=O) groups is 2. The van der Waals surface area contributed by atoms with Crippen molar-refractivity contribution in [2.75, 3.05) is 19.8 Å². The second kappa shape index (κ2) is 10.4. The average Bonchev–Trinajstić information content (AvgIpc) is 3.33. The highest BCUT2D eigenvalue weighted by atomic mass is 32.1. The Morgan fingerprint density at radius 3 is 2.77 bits per heavy atom.